The minimum Gasteiger partial charge on any atom is -0.467 e. The van der Waals surface area contributed by atoms with Gasteiger partial charge in [0.2, 0.25) is 0 Å². The maximum atomic E-state index is 13.0. The first kappa shape index (κ1) is 22.5. The fourth-order valence-corrected chi connectivity index (χ4v) is 4.78. The highest BCUT2D eigenvalue weighted by Gasteiger charge is 2.29. The number of nitrogens with one attached hydrogen (secondary N) is 1. The predicted molar refractivity (Wildman–Crippen MR) is 127 cm³/mol. The van der Waals surface area contributed by atoms with Gasteiger partial charge in [0.15, 0.2) is 5.82 Å². The summed E-state index contributed by atoms with van der Waals surface area (Å²) in [6.07, 6.45) is 4.63. The molecule has 0 bridgehead atoms. The van der Waals surface area contributed by atoms with Crippen LogP contribution >= 0.6 is 0 Å². The molecule has 1 fully saturated rings. The van der Waals surface area contributed by atoms with Crippen molar-refractivity contribution in [3.8, 4) is 0 Å². The molecular weight excluding hydrogens is 432 g/mol. The Kier molecular flexibility index (Phi) is 6.55. The number of benzene rings is 1. The number of tetrazole rings is 1. The minimum atomic E-state index is -0.0817. The fraction of sp³-hybridized carbons (Fsp3) is 0.440. The van der Waals surface area contributed by atoms with Crippen molar-refractivity contribution >= 4 is 10.9 Å². The van der Waals surface area contributed by atoms with Crippen molar-refractivity contribution in [3.05, 3.63) is 75.7 Å². The number of nitrogens with zero attached hydrogens (tertiary/aromatic N) is 5. The summed E-state index contributed by atoms with van der Waals surface area (Å²) in [6, 6.07) is 11.7. The lowest BCUT2D eigenvalue weighted by Crippen LogP contribution is -2.37. The van der Waals surface area contributed by atoms with Crippen LogP contribution in [0, 0.1) is 6.92 Å². The van der Waals surface area contributed by atoms with E-state index in [0.717, 1.165) is 59.5 Å². The van der Waals surface area contributed by atoms with Crippen LogP contribution in [0.15, 0.2) is 51.9 Å². The number of aryl methyl sites for hydroxylation is 1. The Hall–Kier alpha value is -3.30. The summed E-state index contributed by atoms with van der Waals surface area (Å²) in [6.45, 7) is 6.59. The molecule has 5 rings (SSSR count). The topological polar surface area (TPSA) is 102 Å². The van der Waals surface area contributed by atoms with E-state index in [4.69, 9.17) is 9.15 Å². The molecule has 4 heterocycles. The fourth-order valence-electron chi connectivity index (χ4n) is 4.78. The number of hydrogen-bond acceptors (Lipinski definition) is 7. The number of rotatable bonds is 9. The molecule has 3 aromatic heterocycles. The van der Waals surface area contributed by atoms with Gasteiger partial charge in [-0.15, -0.1) is 5.10 Å². The SMILES string of the molecule is CC[C@@H](c1nnnn1Cc1ccco1)N(Cc1cc2cc(C)ccc2[nH]c1=O)C[C@H]1CCCO1. The highest BCUT2D eigenvalue weighted by molar-refractivity contribution is 5.79. The van der Waals surface area contributed by atoms with Crippen molar-refractivity contribution in [3.63, 3.8) is 0 Å². The Morgan fingerprint density at radius 1 is 1.29 bits per heavy atom. The minimum absolute atomic E-state index is 0.0706. The average molecular weight is 463 g/mol. The Balaban J connectivity index is 1.48. The zero-order valence-corrected chi connectivity index (χ0v) is 19.6. The van der Waals surface area contributed by atoms with Gasteiger partial charge in [0.1, 0.15) is 12.3 Å². The van der Waals surface area contributed by atoms with Gasteiger partial charge in [-0.25, -0.2) is 4.68 Å². The normalized spacial score (nSPS) is 17.1. The Labute approximate surface area is 197 Å². The van der Waals surface area contributed by atoms with Crippen LogP contribution in [0.4, 0.5) is 0 Å². The van der Waals surface area contributed by atoms with Crippen LogP contribution in [-0.2, 0) is 17.8 Å². The molecule has 1 saturated heterocycles. The quantitative estimate of drug-likeness (QED) is 0.405. The zero-order valence-electron chi connectivity index (χ0n) is 19.6. The number of furan rings is 1. The zero-order chi connectivity index (χ0) is 23.5. The number of hydrogen-bond donors (Lipinski definition) is 1. The summed E-state index contributed by atoms with van der Waals surface area (Å²) in [5.41, 5.74) is 2.66. The van der Waals surface area contributed by atoms with Crippen molar-refractivity contribution in [2.45, 2.75) is 58.3 Å². The van der Waals surface area contributed by atoms with Gasteiger partial charge in [0, 0.05) is 30.8 Å². The first-order chi connectivity index (χ1) is 16.6. The van der Waals surface area contributed by atoms with E-state index in [1.807, 2.05) is 30.3 Å². The highest BCUT2D eigenvalue weighted by atomic mass is 16.5. The Bertz CT molecular complexity index is 1290. The second-order valence-corrected chi connectivity index (χ2v) is 8.98. The molecular formula is C25H30N6O3. The molecule has 0 unspecified atom stereocenters. The summed E-state index contributed by atoms with van der Waals surface area (Å²) in [4.78, 5) is 18.3. The monoisotopic (exact) mass is 462 g/mol. The maximum absolute atomic E-state index is 13.0. The van der Waals surface area contributed by atoms with Crippen molar-refractivity contribution in [2.24, 2.45) is 0 Å². The molecule has 0 spiro atoms. The van der Waals surface area contributed by atoms with Crippen LogP contribution in [0.2, 0.25) is 0 Å². The number of aromatic amines is 1. The van der Waals surface area contributed by atoms with Gasteiger partial charge in [-0.1, -0.05) is 18.6 Å². The third-order valence-corrected chi connectivity index (χ3v) is 6.48. The van der Waals surface area contributed by atoms with Crippen LogP contribution in [0.3, 0.4) is 0 Å². The summed E-state index contributed by atoms with van der Waals surface area (Å²) in [7, 11) is 0. The van der Waals surface area contributed by atoms with E-state index in [0.29, 0.717) is 19.6 Å². The molecule has 0 aliphatic carbocycles. The molecule has 0 radical (unpaired) electrons. The molecule has 178 valence electrons. The van der Waals surface area contributed by atoms with E-state index in [1.165, 1.54) is 0 Å². The third-order valence-electron chi connectivity index (χ3n) is 6.48. The Morgan fingerprint density at radius 3 is 2.97 bits per heavy atom. The lowest BCUT2D eigenvalue weighted by atomic mass is 10.1. The van der Waals surface area contributed by atoms with Gasteiger partial charge in [-0.05, 0) is 72.3 Å². The van der Waals surface area contributed by atoms with Gasteiger partial charge in [-0.2, -0.15) is 0 Å². The molecule has 34 heavy (non-hydrogen) atoms. The molecule has 0 saturated carbocycles. The van der Waals surface area contributed by atoms with Crippen molar-refractivity contribution in [1.29, 1.82) is 0 Å². The van der Waals surface area contributed by atoms with Crippen LogP contribution < -0.4 is 5.56 Å². The molecule has 4 aromatic rings. The number of pyridine rings is 1. The smallest absolute Gasteiger partial charge is 0.252 e. The van der Waals surface area contributed by atoms with Crippen molar-refractivity contribution in [1.82, 2.24) is 30.1 Å². The molecule has 0 amide bonds. The number of aromatic nitrogens is 5. The van der Waals surface area contributed by atoms with Crippen LogP contribution in [0.1, 0.15) is 54.9 Å². The average Bonchev–Trinajstić information content (AvgIpc) is 3.60. The van der Waals surface area contributed by atoms with E-state index in [2.05, 4.69) is 45.3 Å². The molecule has 2 atom stereocenters. The van der Waals surface area contributed by atoms with E-state index >= 15 is 0 Å². The lowest BCUT2D eigenvalue weighted by molar-refractivity contribution is 0.0488. The van der Waals surface area contributed by atoms with Gasteiger partial charge in [0.05, 0.1) is 18.4 Å². The largest absolute Gasteiger partial charge is 0.467 e. The van der Waals surface area contributed by atoms with Gasteiger partial charge >= 0.3 is 0 Å². The molecule has 1 N–H and O–H groups in total. The summed E-state index contributed by atoms with van der Waals surface area (Å²) in [5, 5.41) is 13.6. The molecule has 1 aromatic carbocycles. The van der Waals surface area contributed by atoms with E-state index in [1.54, 1.807) is 10.9 Å². The van der Waals surface area contributed by atoms with Gasteiger partial charge in [-0.3, -0.25) is 9.69 Å². The van der Waals surface area contributed by atoms with Crippen LogP contribution in [-0.4, -0.2) is 49.3 Å². The third kappa shape index (κ3) is 4.80. The summed E-state index contributed by atoms with van der Waals surface area (Å²) < 4.78 is 13.3. The molecule has 1 aliphatic rings. The standard InChI is InChI=1S/C25H30N6O3/c1-3-23(24-27-28-29-31(24)16-21-7-5-11-34-21)30(15-20-6-4-10-33-20)14-19-13-18-12-17(2)8-9-22(18)26-25(19)32/h5,7-9,11-13,20,23H,3-4,6,10,14-16H2,1-2H3,(H,26,32)/t20-,23+/m1/s1. The van der Waals surface area contributed by atoms with E-state index in [-0.39, 0.29) is 17.7 Å². The van der Waals surface area contributed by atoms with E-state index in [9.17, 15) is 4.79 Å². The number of H-pyrrole nitrogens is 1. The highest BCUT2D eigenvalue weighted by Crippen LogP contribution is 2.27. The van der Waals surface area contributed by atoms with Crippen LogP contribution in [0.25, 0.3) is 10.9 Å². The summed E-state index contributed by atoms with van der Waals surface area (Å²) in [5.74, 6) is 1.54. The number of ether oxygens (including phenoxy) is 1. The van der Waals surface area contributed by atoms with Gasteiger partial charge in [0.25, 0.3) is 5.56 Å². The maximum Gasteiger partial charge on any atom is 0.252 e. The van der Waals surface area contributed by atoms with Gasteiger partial charge < -0.3 is 14.1 Å². The molecule has 1 aliphatic heterocycles. The lowest BCUT2D eigenvalue weighted by Gasteiger charge is -2.32. The number of fused-ring (bicyclic) bond motifs is 1. The van der Waals surface area contributed by atoms with Crippen molar-refractivity contribution < 1.29 is 9.15 Å². The second-order valence-electron chi connectivity index (χ2n) is 8.98. The predicted octanol–water partition coefficient (Wildman–Crippen LogP) is 3.60. The van der Waals surface area contributed by atoms with E-state index < -0.39 is 0 Å². The Morgan fingerprint density at radius 2 is 2.21 bits per heavy atom. The van der Waals surface area contributed by atoms with Crippen molar-refractivity contribution in [2.75, 3.05) is 13.2 Å². The second kappa shape index (κ2) is 9.90. The molecule has 9 nitrogen and oxygen atoms in total. The first-order valence-corrected chi connectivity index (χ1v) is 11.9. The first-order valence-electron chi connectivity index (χ1n) is 11.9. The molecule has 9 heteroatoms. The van der Waals surface area contributed by atoms with Crippen LogP contribution in [0.5, 0.6) is 0 Å². The summed E-state index contributed by atoms with van der Waals surface area (Å²) >= 11 is 0.